The molecule has 0 radical (unpaired) electrons. The van der Waals surface area contributed by atoms with Crippen LogP contribution in [0.25, 0.3) is 0 Å². The fraction of sp³-hybridized carbons (Fsp3) is 0.562. The highest BCUT2D eigenvalue weighted by Gasteiger charge is 2.18. The molecule has 0 spiro atoms. The van der Waals surface area contributed by atoms with Crippen LogP contribution in [0.15, 0.2) is 24.3 Å². The number of rotatable bonds is 9. The number of nitrogens with zero attached hydrogens (tertiary/aromatic N) is 1. The van der Waals surface area contributed by atoms with Crippen molar-refractivity contribution in [2.24, 2.45) is 5.92 Å². The average Bonchev–Trinajstić information content (AvgIpc) is 2.45. The fourth-order valence-electron chi connectivity index (χ4n) is 2.00. The molecule has 0 bridgehead atoms. The minimum absolute atomic E-state index is 0.113. The zero-order valence-electron chi connectivity index (χ0n) is 14.2. The molecule has 1 rings (SSSR count). The minimum Gasteiger partial charge on any atom is -0.497 e. The Morgan fingerprint density at radius 1 is 1.30 bits per heavy atom. The summed E-state index contributed by atoms with van der Waals surface area (Å²) < 4.78 is 30.0. The fourth-order valence-corrected chi connectivity index (χ4v) is 2.86. The first-order valence-electron chi connectivity index (χ1n) is 7.61. The van der Waals surface area contributed by atoms with Crippen molar-refractivity contribution in [2.75, 3.05) is 31.8 Å². The number of sulfonamides is 1. The maximum Gasteiger partial charge on any atom is 0.225 e. The van der Waals surface area contributed by atoms with Crippen molar-refractivity contribution in [3.8, 4) is 5.75 Å². The van der Waals surface area contributed by atoms with Gasteiger partial charge in [0.2, 0.25) is 15.9 Å². The van der Waals surface area contributed by atoms with E-state index in [1.165, 1.54) is 10.6 Å². The van der Waals surface area contributed by atoms with Crippen molar-refractivity contribution in [2.45, 2.75) is 26.7 Å². The Kier molecular flexibility index (Phi) is 7.51. The Bertz CT molecular complexity index is 614. The van der Waals surface area contributed by atoms with Gasteiger partial charge < -0.3 is 10.1 Å². The van der Waals surface area contributed by atoms with E-state index in [0.717, 1.165) is 6.42 Å². The molecule has 0 atom stereocenters. The smallest absolute Gasteiger partial charge is 0.225 e. The summed E-state index contributed by atoms with van der Waals surface area (Å²) in [7, 11) is -1.75. The summed E-state index contributed by atoms with van der Waals surface area (Å²) in [6.45, 7) is 4.69. The number of methoxy groups -OCH3 is 1. The van der Waals surface area contributed by atoms with Gasteiger partial charge in [0.25, 0.3) is 0 Å². The predicted octanol–water partition coefficient (Wildman–Crippen LogP) is 2.33. The van der Waals surface area contributed by atoms with Crippen LogP contribution in [-0.4, -0.2) is 45.1 Å². The summed E-state index contributed by atoms with van der Waals surface area (Å²) in [6.07, 6.45) is 2.06. The Morgan fingerprint density at radius 3 is 2.57 bits per heavy atom. The Morgan fingerprint density at radius 2 is 2.00 bits per heavy atom. The number of hydrogen-bond acceptors (Lipinski definition) is 4. The Hall–Kier alpha value is -1.60. The van der Waals surface area contributed by atoms with Gasteiger partial charge in [0.15, 0.2) is 0 Å². The van der Waals surface area contributed by atoms with Crippen LogP contribution in [0.2, 0.25) is 0 Å². The average molecular weight is 342 g/mol. The topological polar surface area (TPSA) is 75.7 Å². The highest BCUT2D eigenvalue weighted by atomic mass is 32.2. The van der Waals surface area contributed by atoms with Crippen LogP contribution in [-0.2, 0) is 14.8 Å². The third-order valence-electron chi connectivity index (χ3n) is 3.37. The molecule has 0 aliphatic heterocycles. The number of carbonyl (C=O) groups is 1. The van der Waals surface area contributed by atoms with Crippen molar-refractivity contribution in [1.29, 1.82) is 0 Å². The van der Waals surface area contributed by atoms with E-state index in [1.807, 2.05) is 13.8 Å². The molecule has 0 saturated heterocycles. The monoisotopic (exact) mass is 342 g/mol. The second-order valence-electron chi connectivity index (χ2n) is 5.87. The summed E-state index contributed by atoms with van der Waals surface area (Å²) in [5.74, 6) is 0.832. The quantitative estimate of drug-likeness (QED) is 0.747. The number of hydrogen-bond donors (Lipinski definition) is 1. The van der Waals surface area contributed by atoms with Crippen LogP contribution >= 0.6 is 0 Å². The second-order valence-corrected chi connectivity index (χ2v) is 7.86. The molecule has 0 unspecified atom stereocenters. The van der Waals surface area contributed by atoms with Crippen LogP contribution in [0, 0.1) is 5.92 Å². The summed E-state index contributed by atoms with van der Waals surface area (Å²) >= 11 is 0. The normalized spacial score (nSPS) is 11.7. The molecule has 0 heterocycles. The molecule has 0 aliphatic rings. The van der Waals surface area contributed by atoms with Crippen LogP contribution < -0.4 is 10.1 Å². The summed E-state index contributed by atoms with van der Waals surface area (Å²) in [5.41, 5.74) is 0.627. The van der Waals surface area contributed by atoms with E-state index in [1.54, 1.807) is 31.4 Å². The van der Waals surface area contributed by atoms with E-state index >= 15 is 0 Å². The molecule has 1 amide bonds. The summed E-state index contributed by atoms with van der Waals surface area (Å²) in [5, 5.41) is 2.75. The summed E-state index contributed by atoms with van der Waals surface area (Å²) in [4.78, 5) is 12.0. The molecule has 0 fully saturated rings. The van der Waals surface area contributed by atoms with E-state index in [4.69, 9.17) is 4.74 Å². The van der Waals surface area contributed by atoms with Gasteiger partial charge in [-0.05, 0) is 24.5 Å². The van der Waals surface area contributed by atoms with Gasteiger partial charge in [-0.1, -0.05) is 19.9 Å². The zero-order chi connectivity index (χ0) is 17.5. The highest BCUT2D eigenvalue weighted by Crippen LogP contribution is 2.17. The van der Waals surface area contributed by atoms with Gasteiger partial charge in [-0.15, -0.1) is 0 Å². The van der Waals surface area contributed by atoms with Crippen LogP contribution in [0.1, 0.15) is 26.7 Å². The Balaban J connectivity index is 2.57. The number of carbonyl (C=O) groups excluding carboxylic acids is 1. The molecule has 0 aromatic heterocycles. The van der Waals surface area contributed by atoms with Crippen molar-refractivity contribution < 1.29 is 17.9 Å². The van der Waals surface area contributed by atoms with Gasteiger partial charge >= 0.3 is 0 Å². The van der Waals surface area contributed by atoms with Crippen LogP contribution in [0.5, 0.6) is 5.75 Å². The van der Waals surface area contributed by atoms with Crippen LogP contribution in [0.4, 0.5) is 5.69 Å². The lowest BCUT2D eigenvalue weighted by Gasteiger charge is -2.20. The lowest BCUT2D eigenvalue weighted by Crippen LogP contribution is -2.34. The van der Waals surface area contributed by atoms with Crippen molar-refractivity contribution >= 4 is 21.6 Å². The van der Waals surface area contributed by atoms with Crippen LogP contribution in [0.3, 0.4) is 0 Å². The van der Waals surface area contributed by atoms with Crippen molar-refractivity contribution in [1.82, 2.24) is 4.31 Å². The number of ether oxygens (including phenoxy) is 1. The van der Waals surface area contributed by atoms with E-state index in [0.29, 0.717) is 23.9 Å². The maximum atomic E-state index is 12.0. The molecule has 0 aliphatic carbocycles. The molecule has 1 aromatic rings. The van der Waals surface area contributed by atoms with E-state index < -0.39 is 10.0 Å². The third-order valence-corrected chi connectivity index (χ3v) is 4.67. The van der Waals surface area contributed by atoms with Crippen molar-refractivity contribution in [3.05, 3.63) is 24.3 Å². The molecular formula is C16H26N2O4S. The highest BCUT2D eigenvalue weighted by molar-refractivity contribution is 7.88. The largest absolute Gasteiger partial charge is 0.497 e. The lowest BCUT2D eigenvalue weighted by molar-refractivity contribution is -0.116. The van der Waals surface area contributed by atoms with Gasteiger partial charge in [0, 0.05) is 31.3 Å². The standard InChI is InChI=1S/C16H26N2O4S/c1-13(2)8-10-18(23(4,20)21)11-9-16(19)17-14-6-5-7-15(12-14)22-3/h5-7,12-13H,8-11H2,1-4H3,(H,17,19). The number of nitrogens with one attached hydrogen (secondary N) is 1. The molecule has 1 aromatic carbocycles. The van der Waals surface area contributed by atoms with Gasteiger partial charge in [0.05, 0.1) is 13.4 Å². The predicted molar refractivity (Wildman–Crippen MR) is 92.1 cm³/mol. The SMILES string of the molecule is COc1cccc(NC(=O)CCN(CCC(C)C)S(C)(=O)=O)c1. The second kappa shape index (κ2) is 8.88. The zero-order valence-corrected chi connectivity index (χ0v) is 15.0. The Labute approximate surface area is 138 Å². The van der Waals surface area contributed by atoms with E-state index in [2.05, 4.69) is 5.32 Å². The van der Waals surface area contributed by atoms with Crippen molar-refractivity contribution in [3.63, 3.8) is 0 Å². The lowest BCUT2D eigenvalue weighted by atomic mass is 10.1. The first-order chi connectivity index (χ1) is 10.7. The minimum atomic E-state index is -3.31. The van der Waals surface area contributed by atoms with E-state index in [-0.39, 0.29) is 18.9 Å². The van der Waals surface area contributed by atoms with Gasteiger partial charge in [-0.3, -0.25) is 4.79 Å². The van der Waals surface area contributed by atoms with E-state index in [9.17, 15) is 13.2 Å². The molecule has 1 N–H and O–H groups in total. The summed E-state index contributed by atoms with van der Waals surface area (Å²) in [6, 6.07) is 7.03. The number of amides is 1. The van der Waals surface area contributed by atoms with Gasteiger partial charge in [-0.2, -0.15) is 0 Å². The molecule has 7 heteroatoms. The van der Waals surface area contributed by atoms with Gasteiger partial charge in [0.1, 0.15) is 5.75 Å². The third kappa shape index (κ3) is 7.47. The molecule has 130 valence electrons. The molecular weight excluding hydrogens is 316 g/mol. The number of anilines is 1. The first-order valence-corrected chi connectivity index (χ1v) is 9.46. The maximum absolute atomic E-state index is 12.0. The number of benzene rings is 1. The van der Waals surface area contributed by atoms with Gasteiger partial charge in [-0.25, -0.2) is 12.7 Å². The molecule has 6 nitrogen and oxygen atoms in total. The first kappa shape index (κ1) is 19.4. The molecule has 0 saturated carbocycles. The molecule has 23 heavy (non-hydrogen) atoms.